The van der Waals surface area contributed by atoms with E-state index in [0.717, 1.165) is 6.42 Å². The highest BCUT2D eigenvalue weighted by Gasteiger charge is 2.39. The van der Waals surface area contributed by atoms with E-state index in [-0.39, 0.29) is 24.4 Å². The molecule has 0 aromatic carbocycles. The van der Waals surface area contributed by atoms with Crippen molar-refractivity contribution in [3.05, 3.63) is 11.6 Å². The quantitative estimate of drug-likeness (QED) is 0.495. The first-order chi connectivity index (χ1) is 6.66. The van der Waals surface area contributed by atoms with Gasteiger partial charge in [-0.15, -0.1) is 0 Å². The predicted molar refractivity (Wildman–Crippen MR) is 48.3 cm³/mol. The molecular formula is C10H14O4. The number of esters is 1. The lowest BCUT2D eigenvalue weighted by molar-refractivity contribution is -0.159. The number of carbonyl (C=O) groups excluding carboxylic acids is 1. The van der Waals surface area contributed by atoms with Crippen molar-refractivity contribution in [1.29, 1.82) is 0 Å². The summed E-state index contributed by atoms with van der Waals surface area (Å²) in [6.45, 7) is 2.59. The van der Waals surface area contributed by atoms with Crippen LogP contribution in [0.1, 0.15) is 19.8 Å². The first-order valence-electron chi connectivity index (χ1n) is 4.81. The Balaban J connectivity index is 1.99. The van der Waals surface area contributed by atoms with E-state index in [0.29, 0.717) is 6.61 Å². The molecule has 1 fully saturated rings. The van der Waals surface area contributed by atoms with Crippen LogP contribution in [0.25, 0.3) is 0 Å². The van der Waals surface area contributed by atoms with Crippen molar-refractivity contribution in [3.8, 4) is 0 Å². The van der Waals surface area contributed by atoms with Crippen molar-refractivity contribution >= 4 is 5.97 Å². The Hall–Kier alpha value is -0.870. The van der Waals surface area contributed by atoms with Crippen LogP contribution >= 0.6 is 0 Å². The third-order valence-electron chi connectivity index (χ3n) is 2.72. The lowest BCUT2D eigenvalue weighted by Gasteiger charge is -2.26. The fraction of sp³-hybridized carbons (Fsp3) is 0.700. The lowest BCUT2D eigenvalue weighted by Crippen LogP contribution is -2.32. The summed E-state index contributed by atoms with van der Waals surface area (Å²) < 4.78 is 10.2. The molecule has 0 amide bonds. The van der Waals surface area contributed by atoms with Crippen molar-refractivity contribution in [2.24, 2.45) is 5.92 Å². The van der Waals surface area contributed by atoms with Crippen molar-refractivity contribution in [2.45, 2.75) is 32.2 Å². The number of hydrogen-bond acceptors (Lipinski definition) is 4. The largest absolute Gasteiger partial charge is 0.436 e. The van der Waals surface area contributed by atoms with Gasteiger partial charge in [-0.3, -0.25) is 4.79 Å². The smallest absolute Gasteiger partial charge is 0.308 e. The maximum atomic E-state index is 10.9. The molecule has 1 N–H and O–H groups in total. The van der Waals surface area contributed by atoms with Crippen LogP contribution in [0, 0.1) is 5.92 Å². The van der Waals surface area contributed by atoms with E-state index >= 15 is 0 Å². The minimum atomic E-state index is -0.987. The number of carbonyl (C=O) groups is 1. The van der Waals surface area contributed by atoms with Crippen LogP contribution in [0.3, 0.4) is 0 Å². The van der Waals surface area contributed by atoms with Gasteiger partial charge in [0.25, 0.3) is 0 Å². The molecule has 1 saturated heterocycles. The highest BCUT2D eigenvalue weighted by Crippen LogP contribution is 2.29. The van der Waals surface area contributed by atoms with Gasteiger partial charge in [-0.05, 0) is 13.3 Å². The zero-order valence-corrected chi connectivity index (χ0v) is 8.10. The van der Waals surface area contributed by atoms with Crippen LogP contribution in [0.4, 0.5) is 0 Å². The van der Waals surface area contributed by atoms with Crippen molar-refractivity contribution in [1.82, 2.24) is 0 Å². The molecule has 0 saturated carbocycles. The molecular weight excluding hydrogens is 184 g/mol. The van der Waals surface area contributed by atoms with Crippen molar-refractivity contribution < 1.29 is 19.4 Å². The molecule has 78 valence electrons. The van der Waals surface area contributed by atoms with E-state index in [1.807, 2.05) is 6.92 Å². The van der Waals surface area contributed by atoms with E-state index in [9.17, 15) is 9.90 Å². The van der Waals surface area contributed by atoms with Crippen LogP contribution in [0.15, 0.2) is 11.6 Å². The van der Waals surface area contributed by atoms with Gasteiger partial charge in [0.05, 0.1) is 25.0 Å². The molecule has 3 atom stereocenters. The molecule has 14 heavy (non-hydrogen) atoms. The molecule has 0 aromatic heterocycles. The molecule has 4 nitrogen and oxygen atoms in total. The van der Waals surface area contributed by atoms with Crippen LogP contribution in [-0.2, 0) is 14.3 Å². The number of rotatable bonds is 1. The Morgan fingerprint density at radius 1 is 1.57 bits per heavy atom. The van der Waals surface area contributed by atoms with Gasteiger partial charge in [0.2, 0.25) is 6.29 Å². The van der Waals surface area contributed by atoms with E-state index in [4.69, 9.17) is 4.74 Å². The van der Waals surface area contributed by atoms with Gasteiger partial charge >= 0.3 is 5.97 Å². The van der Waals surface area contributed by atoms with Gasteiger partial charge in [0, 0.05) is 0 Å². The Morgan fingerprint density at radius 2 is 2.36 bits per heavy atom. The first kappa shape index (κ1) is 9.68. The minimum Gasteiger partial charge on any atom is -0.436 e. The number of cyclic esters (lactones) is 1. The van der Waals surface area contributed by atoms with E-state index in [1.54, 1.807) is 0 Å². The second-order valence-corrected chi connectivity index (χ2v) is 3.88. The zero-order chi connectivity index (χ0) is 10.1. The maximum absolute atomic E-state index is 10.9. The van der Waals surface area contributed by atoms with Crippen molar-refractivity contribution in [2.75, 3.05) is 6.61 Å². The third kappa shape index (κ3) is 1.81. The summed E-state index contributed by atoms with van der Waals surface area (Å²) >= 11 is 0. The van der Waals surface area contributed by atoms with Gasteiger partial charge in [0.1, 0.15) is 0 Å². The standard InChI is InChI=1S/C10H14O4/c1-6-2-3-8(13-5-6)7-4-9(11)14-10(7)12/h2,7-8,10,12H,3-5H2,1H3. The second-order valence-electron chi connectivity index (χ2n) is 3.88. The summed E-state index contributed by atoms with van der Waals surface area (Å²) in [5, 5.41) is 9.43. The summed E-state index contributed by atoms with van der Waals surface area (Å²) in [7, 11) is 0. The summed E-state index contributed by atoms with van der Waals surface area (Å²) in [5.74, 6) is -0.538. The molecule has 2 rings (SSSR count). The first-order valence-corrected chi connectivity index (χ1v) is 4.81. The molecule has 0 bridgehead atoms. The molecule has 4 heteroatoms. The van der Waals surface area contributed by atoms with E-state index < -0.39 is 6.29 Å². The fourth-order valence-corrected chi connectivity index (χ4v) is 1.86. The average molecular weight is 198 g/mol. The molecule has 2 aliphatic heterocycles. The Kier molecular flexibility index (Phi) is 2.56. The molecule has 0 aliphatic carbocycles. The summed E-state index contributed by atoms with van der Waals surface area (Å²) in [6.07, 6.45) is 2.03. The molecule has 0 radical (unpaired) electrons. The normalized spacial score (nSPS) is 38.0. The van der Waals surface area contributed by atoms with Gasteiger partial charge in [-0.2, -0.15) is 0 Å². The fourth-order valence-electron chi connectivity index (χ4n) is 1.86. The molecule has 2 aliphatic rings. The lowest BCUT2D eigenvalue weighted by atomic mass is 9.95. The Labute approximate surface area is 82.5 Å². The van der Waals surface area contributed by atoms with Crippen LogP contribution in [-0.4, -0.2) is 30.1 Å². The molecule has 3 unspecified atom stereocenters. The summed E-state index contributed by atoms with van der Waals surface area (Å²) in [6, 6.07) is 0. The summed E-state index contributed by atoms with van der Waals surface area (Å²) in [4.78, 5) is 10.9. The van der Waals surface area contributed by atoms with Crippen molar-refractivity contribution in [3.63, 3.8) is 0 Å². The number of ether oxygens (including phenoxy) is 2. The van der Waals surface area contributed by atoms with E-state index in [1.165, 1.54) is 5.57 Å². The van der Waals surface area contributed by atoms with E-state index in [2.05, 4.69) is 10.8 Å². The third-order valence-corrected chi connectivity index (χ3v) is 2.72. The average Bonchev–Trinajstić information content (AvgIpc) is 2.47. The maximum Gasteiger partial charge on any atom is 0.308 e. The molecule has 2 heterocycles. The monoisotopic (exact) mass is 198 g/mol. The summed E-state index contributed by atoms with van der Waals surface area (Å²) in [5.41, 5.74) is 1.20. The van der Waals surface area contributed by atoms with Gasteiger partial charge in [-0.25, -0.2) is 0 Å². The zero-order valence-electron chi connectivity index (χ0n) is 8.10. The Bertz CT molecular complexity index is 271. The van der Waals surface area contributed by atoms with Crippen LogP contribution < -0.4 is 0 Å². The topological polar surface area (TPSA) is 55.8 Å². The predicted octanol–water partition coefficient (Wildman–Crippen LogP) is 0.603. The Morgan fingerprint density at radius 3 is 2.86 bits per heavy atom. The highest BCUT2D eigenvalue weighted by atomic mass is 16.6. The second kappa shape index (κ2) is 3.71. The highest BCUT2D eigenvalue weighted by molar-refractivity contribution is 5.71. The number of hydrogen-bond donors (Lipinski definition) is 1. The number of aliphatic hydroxyl groups excluding tert-OH is 1. The van der Waals surface area contributed by atoms with Gasteiger partial charge in [-0.1, -0.05) is 11.6 Å². The van der Waals surface area contributed by atoms with Gasteiger partial charge < -0.3 is 14.6 Å². The molecule has 0 aromatic rings. The SMILES string of the molecule is CC1=CCC(C2CC(=O)OC2O)OC1. The minimum absolute atomic E-state index is 0.0832. The van der Waals surface area contributed by atoms with Crippen LogP contribution in [0.2, 0.25) is 0 Å². The number of aliphatic hydroxyl groups is 1. The molecule has 0 spiro atoms. The van der Waals surface area contributed by atoms with Crippen LogP contribution in [0.5, 0.6) is 0 Å². The van der Waals surface area contributed by atoms with Gasteiger partial charge in [0.15, 0.2) is 0 Å².